The van der Waals surface area contributed by atoms with E-state index in [0.717, 1.165) is 5.56 Å². The lowest BCUT2D eigenvalue weighted by molar-refractivity contribution is 0.0985. The smallest absolute Gasteiger partial charge is 0.260 e. The Morgan fingerprint density at radius 2 is 1.93 bits per heavy atom. The molecule has 2 aromatic heterocycles. The molecular formula is C20H13ClFN3OS. The first-order valence-electron chi connectivity index (χ1n) is 8.13. The molecule has 0 fully saturated rings. The molecule has 2 heterocycles. The molecule has 0 saturated heterocycles. The van der Waals surface area contributed by atoms with Crippen molar-refractivity contribution in [2.24, 2.45) is 0 Å². The molecule has 0 saturated carbocycles. The van der Waals surface area contributed by atoms with Gasteiger partial charge < -0.3 is 0 Å². The quantitative estimate of drug-likeness (QED) is 0.467. The summed E-state index contributed by atoms with van der Waals surface area (Å²) in [6, 6.07) is 15.1. The van der Waals surface area contributed by atoms with Crippen LogP contribution in [-0.2, 0) is 6.54 Å². The molecule has 1 amide bonds. The van der Waals surface area contributed by atoms with Gasteiger partial charge in [0.25, 0.3) is 5.91 Å². The number of carbonyl (C=O) groups is 1. The lowest BCUT2D eigenvalue weighted by atomic mass is 10.2. The summed E-state index contributed by atoms with van der Waals surface area (Å²) in [5, 5.41) is 0.978. The topological polar surface area (TPSA) is 46.1 Å². The Kier molecular flexibility index (Phi) is 4.83. The van der Waals surface area contributed by atoms with Crippen LogP contribution in [-0.4, -0.2) is 15.9 Å². The van der Waals surface area contributed by atoms with Crippen LogP contribution in [0.1, 0.15) is 15.9 Å². The van der Waals surface area contributed by atoms with Crippen molar-refractivity contribution in [3.63, 3.8) is 0 Å². The predicted octanol–water partition coefficient (Wildman–Crippen LogP) is 5.33. The molecule has 4 aromatic rings. The van der Waals surface area contributed by atoms with Gasteiger partial charge in [-0.15, -0.1) is 0 Å². The lowest BCUT2D eigenvalue weighted by Gasteiger charge is -2.20. The van der Waals surface area contributed by atoms with Crippen LogP contribution < -0.4 is 4.90 Å². The number of hydrogen-bond donors (Lipinski definition) is 0. The molecule has 7 heteroatoms. The Labute approximate surface area is 163 Å². The maximum atomic E-state index is 14.1. The van der Waals surface area contributed by atoms with Crippen molar-refractivity contribution in [2.45, 2.75) is 6.54 Å². The molecule has 0 unspecified atom stereocenters. The van der Waals surface area contributed by atoms with E-state index in [0.29, 0.717) is 20.4 Å². The molecule has 2 aromatic carbocycles. The predicted molar refractivity (Wildman–Crippen MR) is 106 cm³/mol. The number of amides is 1. The molecule has 0 aliphatic carbocycles. The molecule has 0 radical (unpaired) electrons. The Bertz CT molecular complexity index is 1100. The number of pyridine rings is 1. The minimum absolute atomic E-state index is 0.241. The maximum Gasteiger partial charge on any atom is 0.260 e. The first-order valence-corrected chi connectivity index (χ1v) is 9.32. The number of fused-ring (bicyclic) bond motifs is 1. The van der Waals surface area contributed by atoms with Crippen molar-refractivity contribution >= 4 is 44.2 Å². The monoisotopic (exact) mass is 397 g/mol. The Morgan fingerprint density at radius 3 is 2.63 bits per heavy atom. The number of nitrogens with zero attached hydrogens (tertiary/aromatic N) is 3. The van der Waals surface area contributed by atoms with E-state index in [9.17, 15) is 9.18 Å². The minimum atomic E-state index is -0.407. The minimum Gasteiger partial charge on any atom is -0.279 e. The summed E-state index contributed by atoms with van der Waals surface area (Å²) in [4.78, 5) is 23.2. The van der Waals surface area contributed by atoms with E-state index in [4.69, 9.17) is 11.6 Å². The van der Waals surface area contributed by atoms with Gasteiger partial charge in [0, 0.05) is 23.0 Å². The number of aromatic nitrogens is 2. The van der Waals surface area contributed by atoms with Gasteiger partial charge in [0.05, 0.1) is 11.2 Å². The third kappa shape index (κ3) is 3.67. The highest BCUT2D eigenvalue weighted by molar-refractivity contribution is 7.22. The van der Waals surface area contributed by atoms with Crippen LogP contribution in [0.2, 0.25) is 5.02 Å². The Morgan fingerprint density at radius 1 is 1.11 bits per heavy atom. The fraction of sp³-hybridized carbons (Fsp3) is 0.0500. The molecule has 0 bridgehead atoms. The zero-order chi connectivity index (χ0) is 18.8. The van der Waals surface area contributed by atoms with Crippen LogP contribution in [0, 0.1) is 5.82 Å². The summed E-state index contributed by atoms with van der Waals surface area (Å²) in [5.74, 6) is -0.648. The summed E-state index contributed by atoms with van der Waals surface area (Å²) in [7, 11) is 0. The number of benzene rings is 2. The normalized spacial score (nSPS) is 10.9. The summed E-state index contributed by atoms with van der Waals surface area (Å²) in [6.45, 7) is 0.275. The number of halogens is 2. The summed E-state index contributed by atoms with van der Waals surface area (Å²) >= 11 is 7.20. The van der Waals surface area contributed by atoms with Gasteiger partial charge in [0.1, 0.15) is 11.3 Å². The number of carbonyl (C=O) groups excluding carboxylic acids is 1. The SMILES string of the molecule is O=C(c1ccc(Cl)cc1)N(Cc1cccnc1)c1nc2c(F)cccc2s1. The summed E-state index contributed by atoms with van der Waals surface area (Å²) in [5.41, 5.74) is 1.58. The fourth-order valence-corrected chi connectivity index (χ4v) is 3.77. The standard InChI is InChI=1S/C20H13ClFN3OS/c21-15-8-6-14(7-9-15)19(26)25(12-13-3-2-10-23-11-13)20-24-18-16(22)4-1-5-17(18)27-20/h1-11H,12H2. The second-order valence-corrected chi connectivity index (χ2v) is 7.29. The molecule has 27 heavy (non-hydrogen) atoms. The van der Waals surface area contributed by atoms with Gasteiger partial charge in [-0.05, 0) is 48.0 Å². The third-order valence-electron chi connectivity index (χ3n) is 3.99. The molecule has 134 valence electrons. The molecule has 0 spiro atoms. The average Bonchev–Trinajstić information content (AvgIpc) is 3.12. The van der Waals surface area contributed by atoms with Crippen molar-refractivity contribution in [1.29, 1.82) is 0 Å². The number of hydrogen-bond acceptors (Lipinski definition) is 4. The third-order valence-corrected chi connectivity index (χ3v) is 5.28. The molecule has 0 aliphatic rings. The van der Waals surface area contributed by atoms with Gasteiger partial charge >= 0.3 is 0 Å². The van der Waals surface area contributed by atoms with Gasteiger partial charge in [-0.25, -0.2) is 9.37 Å². The zero-order valence-corrected chi connectivity index (χ0v) is 15.5. The number of anilines is 1. The average molecular weight is 398 g/mol. The molecule has 0 N–H and O–H groups in total. The van der Waals surface area contributed by atoms with Gasteiger partial charge in [-0.2, -0.15) is 0 Å². The number of rotatable bonds is 4. The number of thiazole rings is 1. The van der Waals surface area contributed by atoms with Crippen LogP contribution in [0.3, 0.4) is 0 Å². The second-order valence-electron chi connectivity index (χ2n) is 5.84. The molecule has 0 aliphatic heterocycles. The van der Waals surface area contributed by atoms with Gasteiger partial charge in [-0.3, -0.25) is 14.7 Å². The van der Waals surface area contributed by atoms with Crippen molar-refractivity contribution < 1.29 is 9.18 Å². The van der Waals surface area contributed by atoms with Crippen molar-refractivity contribution in [1.82, 2.24) is 9.97 Å². The zero-order valence-electron chi connectivity index (χ0n) is 14.0. The van der Waals surface area contributed by atoms with Crippen molar-refractivity contribution in [2.75, 3.05) is 4.90 Å². The second kappa shape index (κ2) is 7.42. The van der Waals surface area contributed by atoms with E-state index in [2.05, 4.69) is 9.97 Å². The Balaban J connectivity index is 1.78. The highest BCUT2D eigenvalue weighted by atomic mass is 35.5. The van der Waals surface area contributed by atoms with E-state index >= 15 is 0 Å². The van der Waals surface area contributed by atoms with Crippen LogP contribution in [0.15, 0.2) is 67.0 Å². The molecule has 4 nitrogen and oxygen atoms in total. The van der Waals surface area contributed by atoms with E-state index in [1.165, 1.54) is 22.3 Å². The first kappa shape index (κ1) is 17.6. The van der Waals surface area contributed by atoms with E-state index in [-0.39, 0.29) is 18.0 Å². The first-order chi connectivity index (χ1) is 13.1. The van der Waals surface area contributed by atoms with Gasteiger partial charge in [0.15, 0.2) is 5.13 Å². The van der Waals surface area contributed by atoms with Gasteiger partial charge in [0.2, 0.25) is 0 Å². The summed E-state index contributed by atoms with van der Waals surface area (Å²) < 4.78 is 14.8. The van der Waals surface area contributed by atoms with Crippen molar-refractivity contribution in [3.8, 4) is 0 Å². The molecule has 4 rings (SSSR count). The highest BCUT2D eigenvalue weighted by Gasteiger charge is 2.22. The van der Waals surface area contributed by atoms with Crippen LogP contribution in [0.25, 0.3) is 10.2 Å². The Hall–Kier alpha value is -2.83. The highest BCUT2D eigenvalue weighted by Crippen LogP contribution is 2.32. The molecular weight excluding hydrogens is 385 g/mol. The van der Waals surface area contributed by atoms with E-state index in [1.807, 2.05) is 6.07 Å². The van der Waals surface area contributed by atoms with E-state index in [1.54, 1.807) is 54.9 Å². The van der Waals surface area contributed by atoms with Gasteiger partial charge in [-0.1, -0.05) is 35.1 Å². The molecule has 0 atom stereocenters. The van der Waals surface area contributed by atoms with E-state index < -0.39 is 5.82 Å². The maximum absolute atomic E-state index is 14.1. The summed E-state index contributed by atoms with van der Waals surface area (Å²) in [6.07, 6.45) is 3.36. The van der Waals surface area contributed by atoms with Crippen LogP contribution in [0.4, 0.5) is 9.52 Å². The van der Waals surface area contributed by atoms with Crippen LogP contribution in [0.5, 0.6) is 0 Å². The lowest BCUT2D eigenvalue weighted by Crippen LogP contribution is -2.30. The number of para-hydroxylation sites is 1. The van der Waals surface area contributed by atoms with Crippen LogP contribution >= 0.6 is 22.9 Å². The largest absolute Gasteiger partial charge is 0.279 e. The fourth-order valence-electron chi connectivity index (χ4n) is 2.67. The van der Waals surface area contributed by atoms with Crippen molar-refractivity contribution in [3.05, 3.63) is 89.0 Å².